The highest BCUT2D eigenvalue weighted by atomic mass is 16.2. The zero-order valence-corrected chi connectivity index (χ0v) is 10.5. The summed E-state index contributed by atoms with van der Waals surface area (Å²) in [4.78, 5) is 13.8. The number of nitrogens with two attached hydrogens (primary N) is 1. The molecule has 3 nitrogen and oxygen atoms in total. The molecule has 0 saturated heterocycles. The summed E-state index contributed by atoms with van der Waals surface area (Å²) in [5.41, 5.74) is 9.22. The monoisotopic (exact) mass is 220 g/mol. The lowest BCUT2D eigenvalue weighted by Gasteiger charge is -2.18. The van der Waals surface area contributed by atoms with Crippen molar-refractivity contribution in [2.24, 2.45) is 0 Å². The molecule has 0 bridgehead atoms. The summed E-state index contributed by atoms with van der Waals surface area (Å²) in [6.45, 7) is 6.72. The van der Waals surface area contributed by atoms with Crippen molar-refractivity contribution in [3.63, 3.8) is 0 Å². The summed E-state index contributed by atoms with van der Waals surface area (Å²) in [5.74, 6) is 0.0473. The van der Waals surface area contributed by atoms with Gasteiger partial charge in [0.25, 0.3) is 5.91 Å². The van der Waals surface area contributed by atoms with Crippen molar-refractivity contribution in [3.05, 3.63) is 28.8 Å². The van der Waals surface area contributed by atoms with Crippen LogP contribution in [0.5, 0.6) is 0 Å². The Labute approximate surface area is 97.2 Å². The number of amides is 1. The largest absolute Gasteiger partial charge is 0.398 e. The fraction of sp³-hybridized carbons (Fsp3) is 0.462. The van der Waals surface area contributed by atoms with Crippen molar-refractivity contribution >= 4 is 11.6 Å². The second kappa shape index (κ2) is 5.01. The smallest absolute Gasteiger partial charge is 0.253 e. The van der Waals surface area contributed by atoms with E-state index in [2.05, 4.69) is 6.92 Å². The van der Waals surface area contributed by atoms with E-state index in [0.717, 1.165) is 24.1 Å². The van der Waals surface area contributed by atoms with Crippen LogP contribution in [-0.4, -0.2) is 24.4 Å². The van der Waals surface area contributed by atoms with Gasteiger partial charge in [-0.1, -0.05) is 13.0 Å². The van der Waals surface area contributed by atoms with Crippen LogP contribution < -0.4 is 5.73 Å². The third-order valence-corrected chi connectivity index (χ3v) is 2.75. The zero-order chi connectivity index (χ0) is 12.3. The molecule has 1 rings (SSSR count). The van der Waals surface area contributed by atoms with Gasteiger partial charge in [-0.15, -0.1) is 0 Å². The average molecular weight is 220 g/mol. The molecule has 16 heavy (non-hydrogen) atoms. The molecule has 1 aromatic carbocycles. The number of rotatable bonds is 3. The van der Waals surface area contributed by atoms with E-state index in [1.807, 2.05) is 27.0 Å². The van der Waals surface area contributed by atoms with Gasteiger partial charge >= 0.3 is 0 Å². The molecule has 3 heteroatoms. The van der Waals surface area contributed by atoms with E-state index in [9.17, 15) is 4.79 Å². The Hall–Kier alpha value is -1.51. The van der Waals surface area contributed by atoms with Gasteiger partial charge in [-0.25, -0.2) is 0 Å². The molecule has 0 radical (unpaired) electrons. The summed E-state index contributed by atoms with van der Waals surface area (Å²) in [7, 11) is 1.82. The quantitative estimate of drug-likeness (QED) is 0.795. The predicted octanol–water partition coefficient (Wildman–Crippen LogP) is 2.37. The SMILES string of the molecule is CCCN(C)C(=O)c1cc(N)c(C)cc1C. The number of nitrogens with zero attached hydrogens (tertiary/aromatic N) is 1. The molecule has 88 valence electrons. The molecular weight excluding hydrogens is 200 g/mol. The van der Waals surface area contributed by atoms with Crippen LogP contribution in [0.15, 0.2) is 12.1 Å². The van der Waals surface area contributed by atoms with Gasteiger partial charge in [-0.05, 0) is 37.5 Å². The minimum absolute atomic E-state index is 0.0473. The van der Waals surface area contributed by atoms with Crippen molar-refractivity contribution < 1.29 is 4.79 Å². The standard InChI is InChI=1S/C13H20N2O/c1-5-6-15(4)13(16)11-8-12(14)10(3)7-9(11)2/h7-8H,5-6,14H2,1-4H3. The molecule has 0 heterocycles. The lowest BCUT2D eigenvalue weighted by Crippen LogP contribution is -2.28. The molecule has 1 amide bonds. The van der Waals surface area contributed by atoms with E-state index in [4.69, 9.17) is 5.73 Å². The summed E-state index contributed by atoms with van der Waals surface area (Å²) in [6.07, 6.45) is 0.961. The summed E-state index contributed by atoms with van der Waals surface area (Å²) >= 11 is 0. The minimum atomic E-state index is 0.0473. The fourth-order valence-electron chi connectivity index (χ4n) is 1.74. The Morgan fingerprint density at radius 2 is 1.94 bits per heavy atom. The molecule has 0 aromatic heterocycles. The Balaban J connectivity index is 3.04. The number of hydrogen-bond donors (Lipinski definition) is 1. The van der Waals surface area contributed by atoms with Crippen LogP contribution in [0, 0.1) is 13.8 Å². The fourth-order valence-corrected chi connectivity index (χ4v) is 1.74. The van der Waals surface area contributed by atoms with Crippen molar-refractivity contribution in [1.82, 2.24) is 4.90 Å². The van der Waals surface area contributed by atoms with Gasteiger partial charge in [0.2, 0.25) is 0 Å². The lowest BCUT2D eigenvalue weighted by atomic mass is 10.0. The molecule has 0 aliphatic rings. The first-order chi connectivity index (χ1) is 7.47. The van der Waals surface area contributed by atoms with Crippen molar-refractivity contribution in [1.29, 1.82) is 0 Å². The second-order valence-corrected chi connectivity index (χ2v) is 4.25. The highest BCUT2D eigenvalue weighted by Crippen LogP contribution is 2.19. The normalized spacial score (nSPS) is 10.2. The van der Waals surface area contributed by atoms with E-state index < -0.39 is 0 Å². The maximum Gasteiger partial charge on any atom is 0.253 e. The number of carbonyl (C=O) groups excluding carboxylic acids is 1. The molecule has 0 atom stereocenters. The first kappa shape index (κ1) is 12.6. The van der Waals surface area contributed by atoms with Gasteiger partial charge in [0.05, 0.1) is 0 Å². The van der Waals surface area contributed by atoms with Crippen LogP contribution in [0.25, 0.3) is 0 Å². The van der Waals surface area contributed by atoms with Crippen LogP contribution in [0.4, 0.5) is 5.69 Å². The van der Waals surface area contributed by atoms with Crippen molar-refractivity contribution in [3.8, 4) is 0 Å². The number of aryl methyl sites for hydroxylation is 2. The second-order valence-electron chi connectivity index (χ2n) is 4.25. The van der Waals surface area contributed by atoms with Crippen molar-refractivity contribution in [2.45, 2.75) is 27.2 Å². The summed E-state index contributed by atoms with van der Waals surface area (Å²) in [5, 5.41) is 0. The molecular formula is C13H20N2O. The van der Waals surface area contributed by atoms with Crippen LogP contribution in [0.2, 0.25) is 0 Å². The van der Waals surface area contributed by atoms with Crippen LogP contribution in [-0.2, 0) is 0 Å². The van der Waals surface area contributed by atoms with Gasteiger partial charge in [-0.3, -0.25) is 4.79 Å². The zero-order valence-electron chi connectivity index (χ0n) is 10.5. The Kier molecular flexibility index (Phi) is 3.93. The maximum atomic E-state index is 12.1. The number of carbonyl (C=O) groups is 1. The van der Waals surface area contributed by atoms with Crippen molar-refractivity contribution in [2.75, 3.05) is 19.3 Å². The van der Waals surface area contributed by atoms with Gasteiger partial charge in [0.1, 0.15) is 0 Å². The van der Waals surface area contributed by atoms with E-state index in [1.54, 1.807) is 11.0 Å². The predicted molar refractivity (Wildman–Crippen MR) is 67.6 cm³/mol. The lowest BCUT2D eigenvalue weighted by molar-refractivity contribution is 0.0794. The molecule has 0 saturated carbocycles. The topological polar surface area (TPSA) is 46.3 Å². The number of hydrogen-bond acceptors (Lipinski definition) is 2. The number of nitrogen functional groups attached to an aromatic ring is 1. The molecule has 0 spiro atoms. The first-order valence-electron chi connectivity index (χ1n) is 5.59. The van der Waals surface area contributed by atoms with Gasteiger partial charge in [-0.2, -0.15) is 0 Å². The molecule has 2 N–H and O–H groups in total. The highest BCUT2D eigenvalue weighted by Gasteiger charge is 2.14. The third kappa shape index (κ3) is 2.54. The van der Waals surface area contributed by atoms with E-state index in [1.165, 1.54) is 0 Å². The molecule has 0 aliphatic carbocycles. The summed E-state index contributed by atoms with van der Waals surface area (Å²) in [6, 6.07) is 3.74. The summed E-state index contributed by atoms with van der Waals surface area (Å²) < 4.78 is 0. The average Bonchev–Trinajstić information content (AvgIpc) is 2.23. The number of benzene rings is 1. The third-order valence-electron chi connectivity index (χ3n) is 2.75. The first-order valence-corrected chi connectivity index (χ1v) is 5.59. The van der Waals surface area contributed by atoms with Gasteiger partial charge in [0.15, 0.2) is 0 Å². The van der Waals surface area contributed by atoms with Crippen LogP contribution >= 0.6 is 0 Å². The van der Waals surface area contributed by atoms with E-state index >= 15 is 0 Å². The van der Waals surface area contributed by atoms with E-state index in [0.29, 0.717) is 11.3 Å². The van der Waals surface area contributed by atoms with E-state index in [-0.39, 0.29) is 5.91 Å². The highest BCUT2D eigenvalue weighted by molar-refractivity contribution is 5.96. The number of anilines is 1. The maximum absolute atomic E-state index is 12.1. The van der Waals surface area contributed by atoms with Gasteiger partial charge in [0, 0.05) is 24.8 Å². The molecule has 0 aliphatic heterocycles. The minimum Gasteiger partial charge on any atom is -0.398 e. The molecule has 0 fully saturated rings. The Morgan fingerprint density at radius 3 is 2.50 bits per heavy atom. The van der Waals surface area contributed by atoms with Crippen LogP contribution in [0.3, 0.4) is 0 Å². The molecule has 0 unspecified atom stereocenters. The Morgan fingerprint density at radius 1 is 1.31 bits per heavy atom. The van der Waals surface area contributed by atoms with Gasteiger partial charge < -0.3 is 10.6 Å². The van der Waals surface area contributed by atoms with Crippen LogP contribution in [0.1, 0.15) is 34.8 Å². The molecule has 1 aromatic rings. The Bertz CT molecular complexity index is 399.